The summed E-state index contributed by atoms with van der Waals surface area (Å²) in [6.07, 6.45) is 0. The molecule has 108 valence electrons. The maximum Gasteiger partial charge on any atom is 0.317 e. The van der Waals surface area contributed by atoms with E-state index in [-0.39, 0.29) is 12.5 Å². The van der Waals surface area contributed by atoms with Gasteiger partial charge in [-0.3, -0.25) is 14.5 Å². The average molecular weight is 297 g/mol. The second kappa shape index (κ2) is 6.24. The molecule has 0 bridgehead atoms. The molecule has 2 rings (SSSR count). The van der Waals surface area contributed by atoms with Crippen LogP contribution < -0.4 is 0 Å². The summed E-state index contributed by atoms with van der Waals surface area (Å²) < 4.78 is 0. The number of benzene rings is 1. The van der Waals surface area contributed by atoms with Crippen molar-refractivity contribution in [1.29, 1.82) is 0 Å². The number of hydrogen-bond donors (Lipinski definition) is 1. The standard InChI is InChI=1S/C14H17ClN2O3/c1-10-2-3-11(12(15)8-10)14(20)17-6-4-16(5-7-17)9-13(18)19/h2-3,8H,4-7,9H2,1H3,(H,18,19). The fourth-order valence-electron chi connectivity index (χ4n) is 2.26. The zero-order valence-electron chi connectivity index (χ0n) is 11.3. The van der Waals surface area contributed by atoms with Crippen molar-refractivity contribution in [2.45, 2.75) is 6.92 Å². The van der Waals surface area contributed by atoms with Crippen LogP contribution in [-0.4, -0.2) is 59.5 Å². The first-order valence-electron chi connectivity index (χ1n) is 6.47. The lowest BCUT2D eigenvalue weighted by molar-refractivity contribution is -0.138. The van der Waals surface area contributed by atoms with Crippen LogP contribution >= 0.6 is 11.6 Å². The average Bonchev–Trinajstić information content (AvgIpc) is 2.38. The fourth-order valence-corrected chi connectivity index (χ4v) is 2.58. The molecule has 0 spiro atoms. The zero-order valence-corrected chi connectivity index (χ0v) is 12.1. The molecule has 0 aromatic heterocycles. The molecule has 1 aromatic rings. The molecule has 0 saturated carbocycles. The third-order valence-corrected chi connectivity index (χ3v) is 3.69. The van der Waals surface area contributed by atoms with Crippen LogP contribution in [0.2, 0.25) is 5.02 Å². The number of halogens is 1. The minimum Gasteiger partial charge on any atom is -0.480 e. The summed E-state index contributed by atoms with van der Waals surface area (Å²) in [6.45, 7) is 4.13. The van der Waals surface area contributed by atoms with Crippen molar-refractivity contribution in [1.82, 2.24) is 9.80 Å². The number of amides is 1. The van der Waals surface area contributed by atoms with Gasteiger partial charge in [0, 0.05) is 26.2 Å². The first-order valence-corrected chi connectivity index (χ1v) is 6.85. The molecule has 1 saturated heterocycles. The number of aryl methyl sites for hydroxylation is 1. The molecule has 0 atom stereocenters. The van der Waals surface area contributed by atoms with E-state index in [4.69, 9.17) is 16.7 Å². The number of carboxylic acids is 1. The maximum atomic E-state index is 12.4. The molecule has 0 aliphatic carbocycles. The Balaban J connectivity index is 1.99. The zero-order chi connectivity index (χ0) is 14.7. The Hall–Kier alpha value is -1.59. The Morgan fingerprint density at radius 1 is 1.25 bits per heavy atom. The molecule has 1 aliphatic rings. The number of hydrogen-bond acceptors (Lipinski definition) is 3. The lowest BCUT2D eigenvalue weighted by Gasteiger charge is -2.34. The number of aliphatic carboxylic acids is 1. The second-order valence-electron chi connectivity index (χ2n) is 4.95. The van der Waals surface area contributed by atoms with Crippen molar-refractivity contribution in [3.05, 3.63) is 34.3 Å². The van der Waals surface area contributed by atoms with Crippen LogP contribution in [0.15, 0.2) is 18.2 Å². The van der Waals surface area contributed by atoms with Crippen molar-refractivity contribution in [3.63, 3.8) is 0 Å². The van der Waals surface area contributed by atoms with Crippen LogP contribution in [0.5, 0.6) is 0 Å². The summed E-state index contributed by atoms with van der Waals surface area (Å²) in [6, 6.07) is 5.37. The van der Waals surface area contributed by atoms with Gasteiger partial charge in [0.15, 0.2) is 0 Å². The molecule has 1 N–H and O–H groups in total. The van der Waals surface area contributed by atoms with Gasteiger partial charge in [-0.15, -0.1) is 0 Å². The van der Waals surface area contributed by atoms with Gasteiger partial charge in [-0.25, -0.2) is 0 Å². The molecule has 1 fully saturated rings. The number of nitrogens with zero attached hydrogens (tertiary/aromatic N) is 2. The highest BCUT2D eigenvalue weighted by molar-refractivity contribution is 6.33. The number of carboxylic acid groups (broad SMARTS) is 1. The van der Waals surface area contributed by atoms with Crippen molar-refractivity contribution in [2.75, 3.05) is 32.7 Å². The van der Waals surface area contributed by atoms with E-state index >= 15 is 0 Å². The predicted molar refractivity (Wildman–Crippen MR) is 76.2 cm³/mol. The Kier molecular flexibility index (Phi) is 4.62. The van der Waals surface area contributed by atoms with E-state index in [2.05, 4.69) is 0 Å². The normalized spacial score (nSPS) is 16.2. The van der Waals surface area contributed by atoms with Gasteiger partial charge in [0.05, 0.1) is 17.1 Å². The van der Waals surface area contributed by atoms with Gasteiger partial charge < -0.3 is 10.0 Å². The molecule has 6 heteroatoms. The van der Waals surface area contributed by atoms with Gasteiger partial charge in [0.1, 0.15) is 0 Å². The lowest BCUT2D eigenvalue weighted by Crippen LogP contribution is -2.49. The number of rotatable bonds is 3. The van der Waals surface area contributed by atoms with Gasteiger partial charge in [0.2, 0.25) is 0 Å². The Morgan fingerprint density at radius 2 is 1.90 bits per heavy atom. The van der Waals surface area contributed by atoms with E-state index in [1.807, 2.05) is 17.9 Å². The van der Waals surface area contributed by atoms with Crippen LogP contribution in [0.4, 0.5) is 0 Å². The number of carbonyl (C=O) groups excluding carboxylic acids is 1. The van der Waals surface area contributed by atoms with Crippen molar-refractivity contribution >= 4 is 23.5 Å². The van der Waals surface area contributed by atoms with Gasteiger partial charge in [-0.05, 0) is 24.6 Å². The first kappa shape index (κ1) is 14.8. The van der Waals surface area contributed by atoms with Crippen molar-refractivity contribution < 1.29 is 14.7 Å². The Labute approximate surface area is 122 Å². The Morgan fingerprint density at radius 3 is 2.45 bits per heavy atom. The molecule has 1 aliphatic heterocycles. The molecule has 1 heterocycles. The topological polar surface area (TPSA) is 60.9 Å². The molecule has 20 heavy (non-hydrogen) atoms. The van der Waals surface area contributed by atoms with Crippen molar-refractivity contribution in [3.8, 4) is 0 Å². The van der Waals surface area contributed by atoms with E-state index in [1.165, 1.54) is 0 Å². The van der Waals surface area contributed by atoms with Gasteiger partial charge in [-0.2, -0.15) is 0 Å². The molecule has 1 amide bonds. The molecular weight excluding hydrogens is 280 g/mol. The van der Waals surface area contributed by atoms with E-state index in [9.17, 15) is 9.59 Å². The van der Waals surface area contributed by atoms with E-state index in [0.29, 0.717) is 36.8 Å². The summed E-state index contributed by atoms with van der Waals surface area (Å²) in [5.74, 6) is -0.934. The number of carbonyl (C=O) groups is 2. The van der Waals surface area contributed by atoms with Crippen LogP contribution in [0.1, 0.15) is 15.9 Å². The summed E-state index contributed by atoms with van der Waals surface area (Å²) in [7, 11) is 0. The highest BCUT2D eigenvalue weighted by Gasteiger charge is 2.24. The SMILES string of the molecule is Cc1ccc(C(=O)N2CCN(CC(=O)O)CC2)c(Cl)c1. The van der Waals surface area contributed by atoms with Gasteiger partial charge >= 0.3 is 5.97 Å². The summed E-state index contributed by atoms with van der Waals surface area (Å²) >= 11 is 6.11. The van der Waals surface area contributed by atoms with Gasteiger partial charge in [0.25, 0.3) is 5.91 Å². The smallest absolute Gasteiger partial charge is 0.317 e. The minimum absolute atomic E-state index is 0.0211. The monoisotopic (exact) mass is 296 g/mol. The fraction of sp³-hybridized carbons (Fsp3) is 0.429. The molecule has 1 aromatic carbocycles. The predicted octanol–water partition coefficient (Wildman–Crippen LogP) is 1.49. The van der Waals surface area contributed by atoms with Crippen LogP contribution in [-0.2, 0) is 4.79 Å². The third-order valence-electron chi connectivity index (χ3n) is 3.37. The van der Waals surface area contributed by atoms with E-state index in [0.717, 1.165) is 5.56 Å². The molecule has 0 unspecified atom stereocenters. The highest BCUT2D eigenvalue weighted by atomic mass is 35.5. The molecule has 5 nitrogen and oxygen atoms in total. The summed E-state index contributed by atoms with van der Waals surface area (Å²) in [5, 5.41) is 9.20. The van der Waals surface area contributed by atoms with Crippen LogP contribution in [0, 0.1) is 6.92 Å². The van der Waals surface area contributed by atoms with E-state index < -0.39 is 5.97 Å². The Bertz CT molecular complexity index is 525. The third kappa shape index (κ3) is 3.49. The first-order chi connectivity index (χ1) is 9.47. The number of piperazine rings is 1. The van der Waals surface area contributed by atoms with E-state index in [1.54, 1.807) is 17.0 Å². The van der Waals surface area contributed by atoms with Crippen molar-refractivity contribution in [2.24, 2.45) is 0 Å². The second-order valence-corrected chi connectivity index (χ2v) is 5.35. The lowest BCUT2D eigenvalue weighted by atomic mass is 10.1. The van der Waals surface area contributed by atoms with Gasteiger partial charge in [-0.1, -0.05) is 17.7 Å². The maximum absolute atomic E-state index is 12.4. The van der Waals surface area contributed by atoms with Crippen LogP contribution in [0.25, 0.3) is 0 Å². The summed E-state index contributed by atoms with van der Waals surface area (Å²) in [4.78, 5) is 26.5. The molecule has 0 radical (unpaired) electrons. The summed E-state index contributed by atoms with van der Waals surface area (Å²) in [5.41, 5.74) is 1.52. The van der Waals surface area contributed by atoms with Crippen LogP contribution in [0.3, 0.4) is 0 Å². The highest BCUT2D eigenvalue weighted by Crippen LogP contribution is 2.20. The largest absolute Gasteiger partial charge is 0.480 e. The quantitative estimate of drug-likeness (QED) is 0.918. The minimum atomic E-state index is -0.841. The molecular formula is C14H17ClN2O3.